The van der Waals surface area contributed by atoms with E-state index < -0.39 is 35.7 Å². The normalized spacial score (nSPS) is 15.5. The van der Waals surface area contributed by atoms with Gasteiger partial charge in [-0.2, -0.15) is 13.2 Å². The fourth-order valence-corrected chi connectivity index (χ4v) is 3.96. The van der Waals surface area contributed by atoms with Gasteiger partial charge in [0.05, 0.1) is 42.0 Å². The van der Waals surface area contributed by atoms with Crippen LogP contribution < -0.4 is 10.6 Å². The number of rotatable bonds is 7. The molecule has 9 nitrogen and oxygen atoms in total. The molecule has 2 aromatic rings. The van der Waals surface area contributed by atoms with Gasteiger partial charge < -0.3 is 30.0 Å². The van der Waals surface area contributed by atoms with Crippen LogP contribution in [0.4, 0.5) is 18.0 Å². The fraction of sp³-hybridized carbons (Fsp3) is 0.269. The number of amides is 1. The molecule has 1 aliphatic heterocycles. The van der Waals surface area contributed by atoms with Gasteiger partial charge in [-0.15, -0.1) is 0 Å². The van der Waals surface area contributed by atoms with Crippen LogP contribution in [0, 0.1) is 0 Å². The lowest BCUT2D eigenvalue weighted by atomic mass is 9.82. The summed E-state index contributed by atoms with van der Waals surface area (Å²) in [6, 6.07) is 10.4. The smallest absolute Gasteiger partial charge is 0.507 e. The average molecular weight is 534 g/mol. The zero-order chi connectivity index (χ0) is 28.0. The summed E-state index contributed by atoms with van der Waals surface area (Å²) in [5, 5.41) is 15.1. The topological polar surface area (TPSA) is 123 Å². The van der Waals surface area contributed by atoms with E-state index >= 15 is 0 Å². The Morgan fingerprint density at radius 1 is 1.03 bits per heavy atom. The van der Waals surface area contributed by atoms with Gasteiger partial charge in [0.1, 0.15) is 18.1 Å². The molecule has 2 aromatic carbocycles. The first-order valence-electron chi connectivity index (χ1n) is 11.3. The molecule has 0 radical (unpaired) electrons. The summed E-state index contributed by atoms with van der Waals surface area (Å²) in [5.74, 6) is -3.57. The number of halogens is 3. The number of methoxy groups -OCH3 is 1. The lowest BCUT2D eigenvalue weighted by Gasteiger charge is -2.31. The van der Waals surface area contributed by atoms with E-state index in [2.05, 4.69) is 15.4 Å². The molecule has 0 saturated heterocycles. The van der Waals surface area contributed by atoms with Crippen molar-refractivity contribution in [2.24, 2.45) is 0 Å². The van der Waals surface area contributed by atoms with Crippen molar-refractivity contribution < 1.29 is 46.9 Å². The quantitative estimate of drug-likeness (QED) is 0.354. The van der Waals surface area contributed by atoms with E-state index in [1.807, 2.05) is 0 Å². The number of esters is 1. The van der Waals surface area contributed by atoms with Crippen molar-refractivity contribution in [3.63, 3.8) is 0 Å². The summed E-state index contributed by atoms with van der Waals surface area (Å²) in [6.45, 7) is 2.46. The Kier molecular flexibility index (Phi) is 8.66. The lowest BCUT2D eigenvalue weighted by molar-refractivity contribution is -0.141. The second-order valence-electron chi connectivity index (χ2n) is 8.14. The van der Waals surface area contributed by atoms with Crippen LogP contribution in [0.3, 0.4) is 0 Å². The van der Waals surface area contributed by atoms with Gasteiger partial charge in [0.15, 0.2) is 0 Å². The van der Waals surface area contributed by atoms with Gasteiger partial charge >= 0.3 is 18.3 Å². The molecule has 0 spiro atoms. The maximum absolute atomic E-state index is 13.9. The summed E-state index contributed by atoms with van der Waals surface area (Å²) in [6.07, 6.45) is -5.96. The number of allylic oxidation sites excluding steroid dienone is 3. The molecule has 202 valence electrons. The highest BCUT2D eigenvalue weighted by atomic mass is 19.4. The first kappa shape index (κ1) is 28.1. The molecule has 1 unspecified atom stereocenters. The van der Waals surface area contributed by atoms with Crippen molar-refractivity contribution in [3.8, 4) is 5.75 Å². The molecule has 12 heteroatoms. The lowest BCUT2D eigenvalue weighted by Crippen LogP contribution is -2.33. The molecule has 0 aliphatic carbocycles. The van der Waals surface area contributed by atoms with E-state index in [1.54, 1.807) is 12.1 Å². The molecule has 1 amide bonds. The van der Waals surface area contributed by atoms with Crippen LogP contribution in [0.15, 0.2) is 71.3 Å². The Hall–Kier alpha value is -4.48. The standard InChI is InChI=1S/C26H25F3N2O7/c1-14-20(24(34)37-13-12-30-23(33)17-9-5-7-11-19(17)32)21(22(15(2)31-14)38-25(35)36-3)16-8-4-6-10-18(16)26(27,28)29/h4-11,21,31-32H,12-13H2,1-3H3,(H,30,33). The van der Waals surface area contributed by atoms with Crippen LogP contribution in [-0.2, 0) is 25.2 Å². The van der Waals surface area contributed by atoms with Gasteiger partial charge in [0.25, 0.3) is 5.91 Å². The molecule has 0 aromatic heterocycles. The van der Waals surface area contributed by atoms with E-state index in [0.29, 0.717) is 0 Å². The van der Waals surface area contributed by atoms with Crippen LogP contribution in [0.25, 0.3) is 0 Å². The van der Waals surface area contributed by atoms with Crippen molar-refractivity contribution in [2.45, 2.75) is 25.9 Å². The second kappa shape index (κ2) is 11.7. The molecule has 3 N–H and O–H groups in total. The largest absolute Gasteiger partial charge is 0.513 e. The number of aromatic hydroxyl groups is 1. The number of dihydropyridines is 1. The Bertz CT molecular complexity index is 1300. The minimum absolute atomic E-state index is 0.0166. The summed E-state index contributed by atoms with van der Waals surface area (Å²) < 4.78 is 56.7. The van der Waals surface area contributed by atoms with Crippen molar-refractivity contribution in [1.82, 2.24) is 10.6 Å². The number of hydrogen-bond acceptors (Lipinski definition) is 8. The molecule has 0 saturated carbocycles. The van der Waals surface area contributed by atoms with Crippen LogP contribution in [0.1, 0.15) is 41.3 Å². The number of benzene rings is 2. The van der Waals surface area contributed by atoms with Crippen molar-refractivity contribution in [1.29, 1.82) is 0 Å². The Balaban J connectivity index is 1.88. The summed E-state index contributed by atoms with van der Waals surface area (Å²) in [7, 11) is 1.03. The third-order valence-electron chi connectivity index (χ3n) is 5.63. The highest BCUT2D eigenvalue weighted by molar-refractivity contribution is 5.96. The molecule has 0 bridgehead atoms. The van der Waals surface area contributed by atoms with Gasteiger partial charge in [-0.05, 0) is 37.6 Å². The van der Waals surface area contributed by atoms with Crippen molar-refractivity contribution in [2.75, 3.05) is 20.3 Å². The molecule has 3 rings (SSSR count). The summed E-state index contributed by atoms with van der Waals surface area (Å²) in [4.78, 5) is 37.4. The SMILES string of the molecule is COC(=O)OC1=C(C)NC(C)=C(C(=O)OCCNC(=O)c2ccccc2O)C1c1ccccc1C(F)(F)F. The Morgan fingerprint density at radius 3 is 2.34 bits per heavy atom. The first-order valence-corrected chi connectivity index (χ1v) is 11.3. The van der Waals surface area contributed by atoms with Crippen molar-refractivity contribution in [3.05, 3.63) is 87.9 Å². The van der Waals surface area contributed by atoms with Crippen LogP contribution in [-0.4, -0.2) is 43.4 Å². The summed E-state index contributed by atoms with van der Waals surface area (Å²) >= 11 is 0. The number of nitrogens with one attached hydrogen (secondary N) is 2. The van der Waals surface area contributed by atoms with Gasteiger partial charge in [-0.1, -0.05) is 30.3 Å². The minimum Gasteiger partial charge on any atom is -0.507 e. The molecule has 0 fully saturated rings. The van der Waals surface area contributed by atoms with E-state index in [9.17, 15) is 32.7 Å². The maximum atomic E-state index is 13.9. The van der Waals surface area contributed by atoms with E-state index in [4.69, 9.17) is 9.47 Å². The van der Waals surface area contributed by atoms with Crippen LogP contribution >= 0.6 is 0 Å². The Labute approximate surface area is 215 Å². The predicted molar refractivity (Wildman–Crippen MR) is 128 cm³/mol. The zero-order valence-corrected chi connectivity index (χ0v) is 20.6. The Morgan fingerprint density at radius 2 is 1.68 bits per heavy atom. The maximum Gasteiger partial charge on any atom is 0.513 e. The highest BCUT2D eigenvalue weighted by Crippen LogP contribution is 2.44. The number of phenols is 1. The zero-order valence-electron chi connectivity index (χ0n) is 20.6. The van der Waals surface area contributed by atoms with E-state index in [0.717, 1.165) is 13.2 Å². The number of carbonyl (C=O) groups excluding carboxylic acids is 3. The second-order valence-corrected chi connectivity index (χ2v) is 8.14. The molecule has 1 aliphatic rings. The number of alkyl halides is 3. The first-order chi connectivity index (χ1) is 18.0. The predicted octanol–water partition coefficient (Wildman–Crippen LogP) is 4.36. The van der Waals surface area contributed by atoms with Crippen LogP contribution in [0.5, 0.6) is 5.75 Å². The summed E-state index contributed by atoms with van der Waals surface area (Å²) in [5.41, 5.74) is -1.19. The monoisotopic (exact) mass is 534 g/mol. The number of hydrogen-bond donors (Lipinski definition) is 3. The molecule has 1 atom stereocenters. The average Bonchev–Trinajstić information content (AvgIpc) is 2.87. The van der Waals surface area contributed by atoms with Gasteiger partial charge in [-0.25, -0.2) is 9.59 Å². The number of ether oxygens (including phenoxy) is 3. The van der Waals surface area contributed by atoms with Gasteiger partial charge in [-0.3, -0.25) is 4.79 Å². The number of para-hydroxylation sites is 1. The molecular weight excluding hydrogens is 509 g/mol. The molecule has 1 heterocycles. The van der Waals surface area contributed by atoms with E-state index in [1.165, 1.54) is 44.2 Å². The molecule has 38 heavy (non-hydrogen) atoms. The van der Waals surface area contributed by atoms with Gasteiger partial charge in [0.2, 0.25) is 0 Å². The van der Waals surface area contributed by atoms with E-state index in [-0.39, 0.29) is 52.8 Å². The van der Waals surface area contributed by atoms with Gasteiger partial charge in [0, 0.05) is 5.70 Å². The third kappa shape index (κ3) is 6.25. The fourth-order valence-electron chi connectivity index (χ4n) is 3.96. The minimum atomic E-state index is -4.78. The van der Waals surface area contributed by atoms with Crippen molar-refractivity contribution >= 4 is 18.0 Å². The molecular formula is C26H25F3N2O7. The third-order valence-corrected chi connectivity index (χ3v) is 5.63. The highest BCUT2D eigenvalue weighted by Gasteiger charge is 2.42. The number of carbonyl (C=O) groups is 3. The van der Waals surface area contributed by atoms with Crippen LogP contribution in [0.2, 0.25) is 0 Å². The number of phenolic OH excluding ortho intramolecular Hbond substituents is 1.